The van der Waals surface area contributed by atoms with E-state index in [0.29, 0.717) is 13.1 Å². The van der Waals surface area contributed by atoms with Crippen molar-refractivity contribution in [3.8, 4) is 0 Å². The molecule has 1 fully saturated rings. The van der Waals surface area contributed by atoms with Crippen molar-refractivity contribution in [2.45, 2.75) is 4.90 Å². The van der Waals surface area contributed by atoms with Crippen molar-refractivity contribution >= 4 is 21.6 Å². The first kappa shape index (κ1) is 13.8. The molecule has 0 aliphatic carbocycles. The normalized spacial score (nSPS) is 17.6. The number of hydrogen-bond donors (Lipinski definition) is 1. The SMILES string of the molecule is CNc1ccc(S(=O)(=O)N2CCN(C)C(=O)C2)cc1. The molecule has 0 atom stereocenters. The highest BCUT2D eigenvalue weighted by Crippen LogP contribution is 2.19. The Hall–Kier alpha value is -1.60. The first-order valence-corrected chi connectivity index (χ1v) is 7.41. The van der Waals surface area contributed by atoms with E-state index in [0.717, 1.165) is 5.69 Å². The monoisotopic (exact) mass is 283 g/mol. The van der Waals surface area contributed by atoms with E-state index >= 15 is 0 Å². The molecule has 1 aliphatic heterocycles. The maximum absolute atomic E-state index is 12.4. The summed E-state index contributed by atoms with van der Waals surface area (Å²) in [6.07, 6.45) is 0. The summed E-state index contributed by atoms with van der Waals surface area (Å²) in [7, 11) is -0.144. The standard InChI is InChI=1S/C12H17N3O3S/c1-13-10-3-5-11(6-4-10)19(17,18)15-8-7-14(2)12(16)9-15/h3-6,13H,7-9H2,1-2H3. The zero-order valence-corrected chi connectivity index (χ0v) is 11.8. The molecule has 6 nitrogen and oxygen atoms in total. The van der Waals surface area contributed by atoms with E-state index in [1.807, 2.05) is 0 Å². The van der Waals surface area contributed by atoms with Crippen LogP contribution in [0.15, 0.2) is 29.2 Å². The van der Waals surface area contributed by atoms with Crippen LogP contribution in [0.3, 0.4) is 0 Å². The summed E-state index contributed by atoms with van der Waals surface area (Å²) in [6, 6.07) is 6.49. The molecule has 7 heteroatoms. The van der Waals surface area contributed by atoms with Crippen molar-refractivity contribution < 1.29 is 13.2 Å². The molecule has 2 rings (SSSR count). The number of rotatable bonds is 3. The minimum Gasteiger partial charge on any atom is -0.388 e. The van der Waals surface area contributed by atoms with E-state index < -0.39 is 10.0 Å². The van der Waals surface area contributed by atoms with E-state index in [-0.39, 0.29) is 17.3 Å². The second-order valence-corrected chi connectivity index (χ2v) is 6.37. The average Bonchev–Trinajstić information content (AvgIpc) is 2.41. The van der Waals surface area contributed by atoms with E-state index in [1.54, 1.807) is 38.4 Å². The number of piperazine rings is 1. The number of nitrogens with one attached hydrogen (secondary N) is 1. The Morgan fingerprint density at radius 3 is 2.32 bits per heavy atom. The van der Waals surface area contributed by atoms with Crippen molar-refractivity contribution in [3.63, 3.8) is 0 Å². The molecule has 19 heavy (non-hydrogen) atoms. The Balaban J connectivity index is 2.24. The van der Waals surface area contributed by atoms with Crippen LogP contribution in [-0.4, -0.2) is 57.3 Å². The van der Waals surface area contributed by atoms with Crippen LogP contribution in [0.5, 0.6) is 0 Å². The van der Waals surface area contributed by atoms with Crippen LogP contribution in [0.25, 0.3) is 0 Å². The summed E-state index contributed by atoms with van der Waals surface area (Å²) in [5.41, 5.74) is 0.841. The van der Waals surface area contributed by atoms with Gasteiger partial charge in [-0.1, -0.05) is 0 Å². The molecule has 1 aromatic rings. The Labute approximate surface area is 113 Å². The zero-order chi connectivity index (χ0) is 14.0. The molecule has 1 amide bonds. The fourth-order valence-corrected chi connectivity index (χ4v) is 3.27. The summed E-state index contributed by atoms with van der Waals surface area (Å²) in [4.78, 5) is 13.3. The molecule has 104 valence electrons. The van der Waals surface area contributed by atoms with E-state index in [2.05, 4.69) is 5.32 Å². The maximum atomic E-state index is 12.4. The lowest BCUT2D eigenvalue weighted by atomic mass is 10.3. The molecule has 0 aromatic heterocycles. The molecule has 0 radical (unpaired) electrons. The smallest absolute Gasteiger partial charge is 0.243 e. The molecule has 1 saturated heterocycles. The van der Waals surface area contributed by atoms with Gasteiger partial charge in [-0.05, 0) is 24.3 Å². The lowest BCUT2D eigenvalue weighted by molar-refractivity contribution is -0.132. The molecule has 0 bridgehead atoms. The molecule has 0 unspecified atom stereocenters. The van der Waals surface area contributed by atoms with Gasteiger partial charge >= 0.3 is 0 Å². The number of amides is 1. The molecule has 0 spiro atoms. The van der Waals surface area contributed by atoms with Crippen LogP contribution in [-0.2, 0) is 14.8 Å². The lowest BCUT2D eigenvalue weighted by Crippen LogP contribution is -2.50. The minimum absolute atomic E-state index is 0.0907. The van der Waals surface area contributed by atoms with Crippen molar-refractivity contribution in [2.75, 3.05) is 39.0 Å². The first-order valence-electron chi connectivity index (χ1n) is 5.97. The third-order valence-corrected chi connectivity index (χ3v) is 5.06. The third kappa shape index (κ3) is 2.71. The highest BCUT2D eigenvalue weighted by molar-refractivity contribution is 7.89. The predicted octanol–water partition coefficient (Wildman–Crippen LogP) is 0.191. The Kier molecular flexibility index (Phi) is 3.77. The quantitative estimate of drug-likeness (QED) is 0.860. The van der Waals surface area contributed by atoms with Crippen molar-refractivity contribution in [1.82, 2.24) is 9.21 Å². The highest BCUT2D eigenvalue weighted by atomic mass is 32.2. The average molecular weight is 283 g/mol. The summed E-state index contributed by atoms with van der Waals surface area (Å²) >= 11 is 0. The van der Waals surface area contributed by atoms with Gasteiger partial charge in [-0.2, -0.15) is 4.31 Å². The number of nitrogens with zero attached hydrogens (tertiary/aromatic N) is 2. The number of anilines is 1. The van der Waals surface area contributed by atoms with Crippen LogP contribution in [0, 0.1) is 0 Å². The van der Waals surface area contributed by atoms with Gasteiger partial charge in [0.1, 0.15) is 0 Å². The topological polar surface area (TPSA) is 69.7 Å². The van der Waals surface area contributed by atoms with Crippen LogP contribution >= 0.6 is 0 Å². The van der Waals surface area contributed by atoms with Crippen LogP contribution in [0.4, 0.5) is 5.69 Å². The first-order chi connectivity index (χ1) is 8.95. The second-order valence-electron chi connectivity index (χ2n) is 4.43. The van der Waals surface area contributed by atoms with Crippen molar-refractivity contribution in [1.29, 1.82) is 0 Å². The summed E-state index contributed by atoms with van der Waals surface area (Å²) in [6.45, 7) is 0.664. The largest absolute Gasteiger partial charge is 0.388 e. The van der Waals surface area contributed by atoms with Crippen LogP contribution in [0.1, 0.15) is 0 Å². The van der Waals surface area contributed by atoms with E-state index in [4.69, 9.17) is 0 Å². The van der Waals surface area contributed by atoms with Gasteiger partial charge in [-0.25, -0.2) is 8.42 Å². The second kappa shape index (κ2) is 5.18. The molecular weight excluding hydrogens is 266 g/mol. The molecule has 0 saturated carbocycles. The Bertz CT molecular complexity index is 568. The number of benzene rings is 1. The fourth-order valence-electron chi connectivity index (χ4n) is 1.88. The van der Waals surface area contributed by atoms with Crippen LogP contribution < -0.4 is 5.32 Å². The number of hydrogen-bond acceptors (Lipinski definition) is 4. The summed E-state index contributed by atoms with van der Waals surface area (Å²) in [5, 5.41) is 2.93. The Morgan fingerprint density at radius 2 is 1.79 bits per heavy atom. The molecule has 1 aromatic carbocycles. The van der Waals surface area contributed by atoms with E-state index in [9.17, 15) is 13.2 Å². The van der Waals surface area contributed by atoms with Crippen molar-refractivity contribution in [3.05, 3.63) is 24.3 Å². The Morgan fingerprint density at radius 1 is 1.16 bits per heavy atom. The third-order valence-electron chi connectivity index (χ3n) is 3.20. The van der Waals surface area contributed by atoms with Crippen LogP contribution in [0.2, 0.25) is 0 Å². The van der Waals surface area contributed by atoms with Crippen molar-refractivity contribution in [2.24, 2.45) is 0 Å². The fraction of sp³-hybridized carbons (Fsp3) is 0.417. The molecule has 1 aliphatic rings. The summed E-state index contributed by atoms with van der Waals surface area (Å²) < 4.78 is 26.0. The number of sulfonamides is 1. The number of carbonyl (C=O) groups excluding carboxylic acids is 1. The number of likely N-dealkylation sites (N-methyl/N-ethyl adjacent to an activating group) is 1. The zero-order valence-electron chi connectivity index (χ0n) is 11.0. The van der Waals surface area contributed by atoms with Gasteiger partial charge in [0.25, 0.3) is 0 Å². The van der Waals surface area contributed by atoms with Gasteiger partial charge in [0.15, 0.2) is 0 Å². The maximum Gasteiger partial charge on any atom is 0.243 e. The highest BCUT2D eigenvalue weighted by Gasteiger charge is 2.31. The van der Waals surface area contributed by atoms with Gasteiger partial charge in [0.2, 0.25) is 15.9 Å². The summed E-state index contributed by atoms with van der Waals surface area (Å²) in [5.74, 6) is -0.179. The van der Waals surface area contributed by atoms with Gasteiger partial charge in [0, 0.05) is 32.9 Å². The van der Waals surface area contributed by atoms with Gasteiger partial charge in [0.05, 0.1) is 11.4 Å². The predicted molar refractivity (Wildman–Crippen MR) is 72.4 cm³/mol. The molecule has 1 heterocycles. The van der Waals surface area contributed by atoms with E-state index in [1.165, 1.54) is 9.21 Å². The molecular formula is C12H17N3O3S. The van der Waals surface area contributed by atoms with Gasteiger partial charge < -0.3 is 10.2 Å². The molecule has 1 N–H and O–H groups in total. The van der Waals surface area contributed by atoms with Gasteiger partial charge in [-0.3, -0.25) is 4.79 Å². The van der Waals surface area contributed by atoms with Gasteiger partial charge in [-0.15, -0.1) is 0 Å². The minimum atomic E-state index is -3.59. The lowest BCUT2D eigenvalue weighted by Gasteiger charge is -2.31. The number of carbonyl (C=O) groups is 1.